The third-order valence-electron chi connectivity index (χ3n) is 3.40. The first kappa shape index (κ1) is 15.9. The first-order valence-electron chi connectivity index (χ1n) is 7.62. The topological polar surface area (TPSA) is 21.3 Å². The van der Waals surface area contributed by atoms with Crippen molar-refractivity contribution < 1.29 is 4.74 Å². The molecule has 1 atom stereocenters. The van der Waals surface area contributed by atoms with E-state index in [0.29, 0.717) is 6.04 Å². The Bertz CT molecular complexity index is 589. The van der Waals surface area contributed by atoms with Crippen LogP contribution in [0.15, 0.2) is 30.3 Å². The van der Waals surface area contributed by atoms with Crippen LogP contribution in [0.3, 0.4) is 0 Å². The molecule has 114 valence electrons. The first-order valence-corrected chi connectivity index (χ1v) is 8.43. The van der Waals surface area contributed by atoms with Crippen LogP contribution < -0.4 is 10.1 Å². The first-order chi connectivity index (χ1) is 9.99. The van der Waals surface area contributed by atoms with Gasteiger partial charge in [0.2, 0.25) is 0 Å². The molecular formula is C18H25NOS. The molecule has 0 fully saturated rings. The van der Waals surface area contributed by atoms with Gasteiger partial charge in [0.25, 0.3) is 0 Å². The fourth-order valence-corrected chi connectivity index (χ4v) is 3.22. The summed E-state index contributed by atoms with van der Waals surface area (Å²) in [5.74, 6) is 0.935. The van der Waals surface area contributed by atoms with Gasteiger partial charge in [0.15, 0.2) is 0 Å². The smallest absolute Gasteiger partial charge is 0.120 e. The van der Waals surface area contributed by atoms with Crippen molar-refractivity contribution in [3.63, 3.8) is 0 Å². The maximum absolute atomic E-state index is 5.73. The van der Waals surface area contributed by atoms with Gasteiger partial charge in [-0.15, -0.1) is 11.3 Å². The lowest BCUT2D eigenvalue weighted by molar-refractivity contribution is 0.242. The van der Waals surface area contributed by atoms with Crippen molar-refractivity contribution in [2.45, 2.75) is 53.2 Å². The normalized spacial score (nSPS) is 12.5. The molecule has 0 bridgehead atoms. The van der Waals surface area contributed by atoms with E-state index in [1.807, 2.05) is 31.3 Å². The number of nitrogens with one attached hydrogen (secondary N) is 1. The summed E-state index contributed by atoms with van der Waals surface area (Å²) in [7, 11) is 0. The number of aryl methyl sites for hydroxylation is 2. The van der Waals surface area contributed by atoms with E-state index in [4.69, 9.17) is 4.74 Å². The van der Waals surface area contributed by atoms with E-state index in [9.17, 15) is 0 Å². The van der Waals surface area contributed by atoms with E-state index in [0.717, 1.165) is 12.2 Å². The third kappa shape index (κ3) is 4.24. The molecule has 0 aliphatic carbocycles. The standard InChI is InChI=1S/C18H25NOS/c1-6-16-8-10-18(21-16)14(5)19-17-9-7-15(11-13(17)4)20-12(2)3/h7-12,14,19H,6H2,1-5H3. The highest BCUT2D eigenvalue weighted by molar-refractivity contribution is 7.12. The van der Waals surface area contributed by atoms with E-state index in [2.05, 4.69) is 50.4 Å². The van der Waals surface area contributed by atoms with Gasteiger partial charge in [-0.05, 0) is 70.0 Å². The van der Waals surface area contributed by atoms with Gasteiger partial charge in [-0.25, -0.2) is 0 Å². The highest BCUT2D eigenvalue weighted by Crippen LogP contribution is 2.29. The number of benzene rings is 1. The molecule has 3 heteroatoms. The van der Waals surface area contributed by atoms with Crippen molar-refractivity contribution in [2.24, 2.45) is 0 Å². The monoisotopic (exact) mass is 303 g/mol. The second-order valence-electron chi connectivity index (χ2n) is 5.67. The van der Waals surface area contributed by atoms with E-state index in [1.165, 1.54) is 21.0 Å². The van der Waals surface area contributed by atoms with Gasteiger partial charge in [0, 0.05) is 15.4 Å². The Morgan fingerprint density at radius 3 is 2.48 bits per heavy atom. The van der Waals surface area contributed by atoms with Crippen LogP contribution in [0.1, 0.15) is 49.1 Å². The molecule has 1 N–H and O–H groups in total. The zero-order valence-corrected chi connectivity index (χ0v) is 14.4. The Morgan fingerprint density at radius 1 is 1.14 bits per heavy atom. The lowest BCUT2D eigenvalue weighted by atomic mass is 10.1. The van der Waals surface area contributed by atoms with Crippen molar-refractivity contribution in [3.05, 3.63) is 45.6 Å². The second kappa shape index (κ2) is 6.99. The minimum Gasteiger partial charge on any atom is -0.491 e. The predicted molar refractivity (Wildman–Crippen MR) is 92.7 cm³/mol. The minimum absolute atomic E-state index is 0.209. The van der Waals surface area contributed by atoms with Crippen LogP contribution in [0, 0.1) is 6.92 Å². The highest BCUT2D eigenvalue weighted by atomic mass is 32.1. The van der Waals surface area contributed by atoms with Crippen molar-refractivity contribution >= 4 is 17.0 Å². The summed E-state index contributed by atoms with van der Waals surface area (Å²) in [5, 5.41) is 3.60. The molecule has 0 amide bonds. The highest BCUT2D eigenvalue weighted by Gasteiger charge is 2.10. The van der Waals surface area contributed by atoms with Gasteiger partial charge >= 0.3 is 0 Å². The van der Waals surface area contributed by atoms with Gasteiger partial charge in [-0.1, -0.05) is 6.92 Å². The predicted octanol–water partition coefficient (Wildman–Crippen LogP) is 5.58. The van der Waals surface area contributed by atoms with Gasteiger partial charge in [0.05, 0.1) is 12.1 Å². The molecule has 1 unspecified atom stereocenters. The SMILES string of the molecule is CCc1ccc(C(C)Nc2ccc(OC(C)C)cc2C)s1. The van der Waals surface area contributed by atoms with Crippen LogP contribution in [0.2, 0.25) is 0 Å². The zero-order valence-electron chi connectivity index (χ0n) is 13.6. The van der Waals surface area contributed by atoms with Gasteiger partial charge in [-0.2, -0.15) is 0 Å². The van der Waals surface area contributed by atoms with Crippen molar-refractivity contribution in [2.75, 3.05) is 5.32 Å². The lowest BCUT2D eigenvalue weighted by Crippen LogP contribution is -2.08. The molecule has 1 aromatic heterocycles. The molecule has 0 saturated carbocycles. The summed E-state index contributed by atoms with van der Waals surface area (Å²) >= 11 is 1.89. The number of thiophene rings is 1. The van der Waals surface area contributed by atoms with Gasteiger partial charge in [0.1, 0.15) is 5.75 Å². The average Bonchev–Trinajstić information content (AvgIpc) is 2.90. The molecule has 0 aliphatic heterocycles. The molecule has 21 heavy (non-hydrogen) atoms. The second-order valence-corrected chi connectivity index (χ2v) is 6.87. The molecule has 2 rings (SSSR count). The summed E-state index contributed by atoms with van der Waals surface area (Å²) in [4.78, 5) is 2.82. The minimum atomic E-state index is 0.209. The quantitative estimate of drug-likeness (QED) is 0.752. The van der Waals surface area contributed by atoms with Crippen molar-refractivity contribution in [1.29, 1.82) is 0 Å². The summed E-state index contributed by atoms with van der Waals surface area (Å²) in [6.45, 7) is 10.6. The number of hydrogen-bond acceptors (Lipinski definition) is 3. The van der Waals surface area contributed by atoms with E-state index < -0.39 is 0 Å². The van der Waals surface area contributed by atoms with Crippen LogP contribution in [0.25, 0.3) is 0 Å². The number of ether oxygens (including phenoxy) is 1. The summed E-state index contributed by atoms with van der Waals surface area (Å²) in [6, 6.07) is 11.0. The van der Waals surface area contributed by atoms with Crippen LogP contribution in [0.4, 0.5) is 5.69 Å². The molecule has 2 nitrogen and oxygen atoms in total. The number of rotatable bonds is 6. The van der Waals surface area contributed by atoms with Crippen LogP contribution in [-0.2, 0) is 6.42 Å². The molecule has 0 spiro atoms. The molecule has 0 aliphatic rings. The van der Waals surface area contributed by atoms with Crippen molar-refractivity contribution in [1.82, 2.24) is 0 Å². The third-order valence-corrected chi connectivity index (χ3v) is 4.81. The maximum atomic E-state index is 5.73. The molecule has 2 aromatic rings. The molecule has 1 heterocycles. The fraction of sp³-hybridized carbons (Fsp3) is 0.444. The number of anilines is 1. The van der Waals surface area contributed by atoms with Gasteiger partial charge < -0.3 is 10.1 Å². The van der Waals surface area contributed by atoms with Gasteiger partial charge in [-0.3, -0.25) is 0 Å². The fourth-order valence-electron chi connectivity index (χ4n) is 2.27. The van der Waals surface area contributed by atoms with Crippen molar-refractivity contribution in [3.8, 4) is 5.75 Å². The van der Waals surface area contributed by atoms with E-state index in [-0.39, 0.29) is 6.10 Å². The average molecular weight is 303 g/mol. The Kier molecular flexibility index (Phi) is 5.29. The van der Waals surface area contributed by atoms with Crippen LogP contribution in [0.5, 0.6) is 5.75 Å². The molecular weight excluding hydrogens is 278 g/mol. The Balaban J connectivity index is 2.08. The maximum Gasteiger partial charge on any atom is 0.120 e. The van der Waals surface area contributed by atoms with E-state index in [1.54, 1.807) is 0 Å². The number of hydrogen-bond donors (Lipinski definition) is 1. The Hall–Kier alpha value is -1.48. The van der Waals surface area contributed by atoms with Crippen LogP contribution in [-0.4, -0.2) is 6.10 Å². The Morgan fingerprint density at radius 2 is 1.90 bits per heavy atom. The molecule has 1 aromatic carbocycles. The lowest BCUT2D eigenvalue weighted by Gasteiger charge is -2.17. The Labute approximate surface area is 132 Å². The summed E-state index contributed by atoms with van der Waals surface area (Å²) in [5.41, 5.74) is 2.39. The molecule has 0 saturated heterocycles. The summed E-state index contributed by atoms with van der Waals surface area (Å²) in [6.07, 6.45) is 1.32. The van der Waals surface area contributed by atoms with E-state index >= 15 is 0 Å². The van der Waals surface area contributed by atoms with Crippen LogP contribution >= 0.6 is 11.3 Å². The zero-order chi connectivity index (χ0) is 15.4. The molecule has 0 radical (unpaired) electrons. The largest absolute Gasteiger partial charge is 0.491 e. The summed E-state index contributed by atoms with van der Waals surface area (Å²) < 4.78 is 5.73.